The Bertz CT molecular complexity index is 1170. The van der Waals surface area contributed by atoms with E-state index in [4.69, 9.17) is 9.72 Å². The van der Waals surface area contributed by atoms with Gasteiger partial charge in [0.15, 0.2) is 5.65 Å². The number of β-amino-alcohol motifs (C(OH)–C–C–N with tert-alkyl or cyclic N) is 1. The number of ether oxygens (including phenoxy) is 1. The monoisotopic (exact) mass is 454 g/mol. The fourth-order valence-electron chi connectivity index (χ4n) is 4.77. The second-order valence-electron chi connectivity index (χ2n) is 8.52. The van der Waals surface area contributed by atoms with E-state index < -0.39 is 6.10 Å². The van der Waals surface area contributed by atoms with Crippen LogP contribution in [-0.4, -0.2) is 63.5 Å². The van der Waals surface area contributed by atoms with Gasteiger partial charge < -0.3 is 25.0 Å². The minimum atomic E-state index is -0.495. The number of nitrogens with zero attached hydrogens (tertiary/aromatic N) is 5. The summed E-state index contributed by atoms with van der Waals surface area (Å²) < 4.78 is 21.1. The van der Waals surface area contributed by atoms with E-state index in [-0.39, 0.29) is 17.9 Å². The molecule has 174 valence electrons. The molecule has 9 nitrogen and oxygen atoms in total. The highest BCUT2D eigenvalue weighted by Crippen LogP contribution is 2.39. The van der Waals surface area contributed by atoms with Gasteiger partial charge in [-0.15, -0.1) is 0 Å². The second-order valence-corrected chi connectivity index (χ2v) is 8.52. The van der Waals surface area contributed by atoms with E-state index in [1.165, 1.54) is 12.1 Å². The van der Waals surface area contributed by atoms with Crippen molar-refractivity contribution in [1.82, 2.24) is 19.5 Å². The summed E-state index contributed by atoms with van der Waals surface area (Å²) in [6.07, 6.45) is 6.15. The van der Waals surface area contributed by atoms with Crippen molar-refractivity contribution >= 4 is 23.2 Å². The Hall–Kier alpha value is -3.40. The second kappa shape index (κ2) is 8.86. The maximum atomic E-state index is 14.0. The summed E-state index contributed by atoms with van der Waals surface area (Å²) in [4.78, 5) is 21.2. The lowest BCUT2D eigenvalue weighted by Crippen LogP contribution is -2.44. The summed E-state index contributed by atoms with van der Waals surface area (Å²) in [5.41, 5.74) is 1.82. The SMILES string of the molecule is COc1ccc(F)cc1[C@H]1CCCN1c1ccn2ncc(NC(=O)N3CCC[C@H](O)C3)c2n1. The Morgan fingerprint density at radius 2 is 2.09 bits per heavy atom. The van der Waals surface area contributed by atoms with E-state index in [2.05, 4.69) is 15.3 Å². The van der Waals surface area contributed by atoms with Gasteiger partial charge in [0.2, 0.25) is 0 Å². The number of aromatic nitrogens is 3. The molecular formula is C23H27FN6O3. The first-order valence-corrected chi connectivity index (χ1v) is 11.2. The molecule has 2 amide bonds. The number of rotatable bonds is 4. The number of nitrogens with one attached hydrogen (secondary N) is 1. The maximum Gasteiger partial charge on any atom is 0.322 e. The Morgan fingerprint density at radius 3 is 2.91 bits per heavy atom. The van der Waals surface area contributed by atoms with Crippen molar-refractivity contribution < 1.29 is 19.0 Å². The summed E-state index contributed by atoms with van der Waals surface area (Å²) in [5, 5.41) is 17.1. The van der Waals surface area contributed by atoms with Crippen LogP contribution in [0, 0.1) is 5.82 Å². The van der Waals surface area contributed by atoms with E-state index in [1.54, 1.807) is 35.0 Å². The molecule has 10 heteroatoms. The van der Waals surface area contributed by atoms with Gasteiger partial charge >= 0.3 is 6.03 Å². The molecule has 1 aromatic carbocycles. The van der Waals surface area contributed by atoms with Gasteiger partial charge in [0.25, 0.3) is 0 Å². The molecule has 0 radical (unpaired) electrons. The number of likely N-dealkylation sites (tertiary alicyclic amines) is 1. The highest BCUT2D eigenvalue weighted by molar-refractivity contribution is 5.93. The third-order valence-corrected chi connectivity index (χ3v) is 6.38. The van der Waals surface area contributed by atoms with Crippen molar-refractivity contribution in [3.05, 3.63) is 48.0 Å². The van der Waals surface area contributed by atoms with Crippen LogP contribution in [0.4, 0.5) is 20.7 Å². The molecule has 4 heterocycles. The van der Waals surface area contributed by atoms with Crippen molar-refractivity contribution in [3.63, 3.8) is 0 Å². The molecule has 0 spiro atoms. The van der Waals surface area contributed by atoms with Crippen LogP contribution in [-0.2, 0) is 0 Å². The fourth-order valence-corrected chi connectivity index (χ4v) is 4.77. The van der Waals surface area contributed by atoms with Gasteiger partial charge in [-0.1, -0.05) is 0 Å². The summed E-state index contributed by atoms with van der Waals surface area (Å²) in [7, 11) is 1.59. The summed E-state index contributed by atoms with van der Waals surface area (Å²) in [6.45, 7) is 1.69. The van der Waals surface area contributed by atoms with Crippen molar-refractivity contribution in [2.45, 2.75) is 37.8 Å². The zero-order valence-corrected chi connectivity index (χ0v) is 18.4. The molecule has 2 aliphatic rings. The van der Waals surface area contributed by atoms with Gasteiger partial charge in [0, 0.05) is 31.4 Å². The number of urea groups is 1. The average Bonchev–Trinajstić information content (AvgIpc) is 3.46. The number of amides is 2. The molecule has 33 heavy (non-hydrogen) atoms. The average molecular weight is 455 g/mol. The smallest absolute Gasteiger partial charge is 0.322 e. The van der Waals surface area contributed by atoms with Crippen molar-refractivity contribution in [2.75, 3.05) is 37.0 Å². The molecule has 2 saturated heterocycles. The largest absolute Gasteiger partial charge is 0.496 e. The highest BCUT2D eigenvalue weighted by atomic mass is 19.1. The lowest BCUT2D eigenvalue weighted by Gasteiger charge is -2.30. The number of aliphatic hydroxyl groups excluding tert-OH is 1. The molecule has 2 aromatic heterocycles. The number of hydrogen-bond acceptors (Lipinski definition) is 6. The maximum absolute atomic E-state index is 14.0. The topological polar surface area (TPSA) is 95.2 Å². The number of piperidine rings is 1. The molecule has 0 aliphatic carbocycles. The Morgan fingerprint density at radius 1 is 1.24 bits per heavy atom. The third-order valence-electron chi connectivity index (χ3n) is 6.38. The van der Waals surface area contributed by atoms with Crippen molar-refractivity contribution in [1.29, 1.82) is 0 Å². The quantitative estimate of drug-likeness (QED) is 0.629. The first-order chi connectivity index (χ1) is 16.0. The number of aliphatic hydroxyl groups is 1. The minimum Gasteiger partial charge on any atom is -0.496 e. The number of halogens is 1. The van der Waals surface area contributed by atoms with Crippen molar-refractivity contribution in [3.8, 4) is 5.75 Å². The van der Waals surface area contributed by atoms with E-state index in [0.29, 0.717) is 36.6 Å². The van der Waals surface area contributed by atoms with Crippen LogP contribution in [0.2, 0.25) is 0 Å². The normalized spacial score (nSPS) is 20.9. The Balaban J connectivity index is 1.42. The molecule has 0 saturated carbocycles. The number of fused-ring (bicyclic) bond motifs is 1. The first kappa shape index (κ1) is 21.4. The minimum absolute atomic E-state index is 0.0681. The predicted molar refractivity (Wildman–Crippen MR) is 121 cm³/mol. The fraction of sp³-hybridized carbons (Fsp3) is 0.435. The van der Waals surface area contributed by atoms with Crippen LogP contribution < -0.4 is 15.0 Å². The zero-order valence-electron chi connectivity index (χ0n) is 18.4. The number of hydrogen-bond donors (Lipinski definition) is 2. The lowest BCUT2D eigenvalue weighted by molar-refractivity contribution is 0.0883. The van der Waals surface area contributed by atoms with Gasteiger partial charge in [-0.25, -0.2) is 18.7 Å². The molecule has 5 rings (SSSR count). The van der Waals surface area contributed by atoms with Crippen LogP contribution >= 0.6 is 0 Å². The zero-order chi connectivity index (χ0) is 22.9. The number of carbonyl (C=O) groups excluding carboxylic acids is 1. The van der Waals surface area contributed by atoms with Gasteiger partial charge in [0.1, 0.15) is 23.1 Å². The number of benzene rings is 1. The predicted octanol–water partition coefficient (Wildman–Crippen LogP) is 3.21. The van der Waals surface area contributed by atoms with E-state index in [1.807, 2.05) is 6.07 Å². The van der Waals surface area contributed by atoms with Gasteiger partial charge in [-0.3, -0.25) is 0 Å². The van der Waals surface area contributed by atoms with Crippen LogP contribution in [0.3, 0.4) is 0 Å². The molecular weight excluding hydrogens is 427 g/mol. The Kier molecular flexibility index (Phi) is 5.76. The summed E-state index contributed by atoms with van der Waals surface area (Å²) in [5.74, 6) is 1.07. The van der Waals surface area contributed by atoms with Gasteiger partial charge in [0.05, 0.1) is 25.5 Å². The first-order valence-electron chi connectivity index (χ1n) is 11.2. The highest BCUT2D eigenvalue weighted by Gasteiger charge is 2.30. The number of anilines is 2. The van der Waals surface area contributed by atoms with Crippen LogP contribution in [0.5, 0.6) is 5.75 Å². The lowest BCUT2D eigenvalue weighted by atomic mass is 10.0. The summed E-state index contributed by atoms with van der Waals surface area (Å²) >= 11 is 0. The van der Waals surface area contributed by atoms with E-state index >= 15 is 0 Å². The third kappa shape index (κ3) is 4.18. The van der Waals surface area contributed by atoms with Crippen LogP contribution in [0.1, 0.15) is 37.3 Å². The number of methoxy groups -OCH3 is 1. The summed E-state index contributed by atoms with van der Waals surface area (Å²) in [6, 6.07) is 6.10. The van der Waals surface area contributed by atoms with Gasteiger partial charge in [-0.05, 0) is 49.9 Å². The standard InChI is InChI=1S/C23H27FN6O3/c1-33-20-7-6-15(24)12-17(20)19-5-3-10-29(19)21-8-11-30-22(27-21)18(13-25-30)26-23(32)28-9-2-4-16(31)14-28/h6-8,11-13,16,19,31H,2-5,9-10,14H2,1H3,(H,26,32)/t16-,19+/m0/s1. The molecule has 2 aliphatic heterocycles. The van der Waals surface area contributed by atoms with Crippen molar-refractivity contribution in [2.24, 2.45) is 0 Å². The van der Waals surface area contributed by atoms with Gasteiger partial charge in [-0.2, -0.15) is 5.10 Å². The Labute approximate surface area is 190 Å². The molecule has 0 unspecified atom stereocenters. The molecule has 0 bridgehead atoms. The molecule has 2 fully saturated rings. The molecule has 2 N–H and O–H groups in total. The van der Waals surface area contributed by atoms with Crippen LogP contribution in [0.15, 0.2) is 36.7 Å². The van der Waals surface area contributed by atoms with Crippen LogP contribution in [0.25, 0.3) is 5.65 Å². The van der Waals surface area contributed by atoms with E-state index in [9.17, 15) is 14.3 Å². The molecule has 2 atom stereocenters. The number of carbonyl (C=O) groups is 1. The van der Waals surface area contributed by atoms with E-state index in [0.717, 1.165) is 37.2 Å². The molecule has 3 aromatic rings.